The summed E-state index contributed by atoms with van der Waals surface area (Å²) in [4.78, 5) is 9.51. The van der Waals surface area contributed by atoms with Crippen LogP contribution in [0.15, 0.2) is 188 Å². The Hall–Kier alpha value is -6.17. The van der Waals surface area contributed by atoms with Crippen LogP contribution in [0.1, 0.15) is 0 Å². The summed E-state index contributed by atoms with van der Waals surface area (Å²) in [6.07, 6.45) is 6.19. The molecule has 234 valence electrons. The lowest BCUT2D eigenvalue weighted by molar-refractivity contribution is 0.483. The minimum Gasteiger partial charge on any atom is -0.457 e. The Morgan fingerprint density at radius 1 is 0.510 bits per heavy atom. The first kappa shape index (κ1) is 29.0. The van der Waals surface area contributed by atoms with Gasteiger partial charge in [0.2, 0.25) is 0 Å². The molecule has 0 radical (unpaired) electrons. The fourth-order valence-corrected chi connectivity index (χ4v) is 12.6. The fourth-order valence-electron chi connectivity index (χ4n) is 7.53. The van der Waals surface area contributed by atoms with Gasteiger partial charge in [-0.05, 0) is 62.7 Å². The van der Waals surface area contributed by atoms with Crippen molar-refractivity contribution in [2.75, 3.05) is 16.5 Å². The lowest BCUT2D eigenvalue weighted by Crippen LogP contribution is -2.72. The van der Waals surface area contributed by atoms with Crippen LogP contribution >= 0.6 is 0 Å². The highest BCUT2D eigenvalue weighted by Crippen LogP contribution is 2.36. The van der Waals surface area contributed by atoms with E-state index < -0.39 is 8.07 Å². The molecule has 6 aromatic carbocycles. The maximum Gasteiger partial charge on any atom is 0.182 e. The van der Waals surface area contributed by atoms with E-state index in [1.807, 2.05) is 12.3 Å². The fraction of sp³-hybridized carbons (Fsp3) is 0.0227. The Balaban J connectivity index is 1.03. The molecule has 1 aromatic heterocycles. The van der Waals surface area contributed by atoms with E-state index in [1.165, 1.54) is 37.6 Å². The number of para-hydroxylation sites is 1. The third kappa shape index (κ3) is 4.95. The highest BCUT2D eigenvalue weighted by atomic mass is 28.3. The van der Waals surface area contributed by atoms with E-state index in [0.29, 0.717) is 6.67 Å². The summed E-state index contributed by atoms with van der Waals surface area (Å²) in [5.74, 6) is 1.59. The molecule has 49 heavy (non-hydrogen) atoms. The average Bonchev–Trinajstić information content (AvgIpc) is 3.78. The third-order valence-corrected chi connectivity index (χ3v) is 14.5. The number of pyridine rings is 1. The molecule has 2 aliphatic rings. The molecule has 0 saturated heterocycles. The van der Waals surface area contributed by atoms with Crippen LogP contribution in [0, 0.1) is 0 Å². The molecule has 0 aliphatic carbocycles. The second kappa shape index (κ2) is 12.1. The van der Waals surface area contributed by atoms with Crippen molar-refractivity contribution in [2.24, 2.45) is 0 Å². The summed E-state index contributed by atoms with van der Waals surface area (Å²) in [5, 5.41) is 5.38. The van der Waals surface area contributed by atoms with Gasteiger partial charge in [0.05, 0.1) is 18.1 Å². The molecule has 5 heteroatoms. The van der Waals surface area contributed by atoms with Gasteiger partial charge >= 0.3 is 0 Å². The normalized spacial score (nSPS) is 14.0. The SMILES string of the molecule is C1=CN(c2ccccc2-c2ccccc2)CN1c1cccc(Oc2ccc3c(c2)-c2ncccc2[Si]3(c2ccccc2)c2ccccc2)c1. The molecule has 7 aromatic rings. The van der Waals surface area contributed by atoms with E-state index in [0.717, 1.165) is 28.4 Å². The smallest absolute Gasteiger partial charge is 0.182 e. The Kier molecular flexibility index (Phi) is 7.18. The van der Waals surface area contributed by atoms with Crippen LogP contribution in [0.3, 0.4) is 0 Å². The van der Waals surface area contributed by atoms with Crippen molar-refractivity contribution in [1.29, 1.82) is 0 Å². The van der Waals surface area contributed by atoms with E-state index in [4.69, 9.17) is 9.72 Å². The quantitative estimate of drug-likeness (QED) is 0.166. The monoisotopic (exact) mass is 647 g/mol. The molecular formula is C44H33N3OSi. The van der Waals surface area contributed by atoms with Crippen LogP contribution in [-0.4, -0.2) is 19.7 Å². The third-order valence-electron chi connectivity index (χ3n) is 9.69. The number of nitrogens with zero attached hydrogens (tertiary/aromatic N) is 3. The molecule has 0 saturated carbocycles. The van der Waals surface area contributed by atoms with Crippen LogP contribution in [0.2, 0.25) is 0 Å². The molecule has 3 heterocycles. The standard InChI is InChI=1S/C44H33N3OSi/c1-4-14-33(15-5-1)39-22-10-11-23-41(39)47-29-28-46(32-47)34-16-12-17-35(30-34)48-36-25-26-42-40(31-36)44-43(24-13-27-45-44)49(42,37-18-6-2-7-19-37)38-20-8-3-9-21-38/h1-31H,32H2. The maximum atomic E-state index is 6.61. The van der Waals surface area contributed by atoms with E-state index in [2.05, 4.69) is 186 Å². The minimum atomic E-state index is -2.57. The Labute approximate surface area is 287 Å². The molecule has 0 spiro atoms. The molecule has 2 aliphatic heterocycles. The average molecular weight is 648 g/mol. The van der Waals surface area contributed by atoms with E-state index in [1.54, 1.807) is 0 Å². The van der Waals surface area contributed by atoms with Crippen molar-refractivity contribution >= 4 is 40.2 Å². The van der Waals surface area contributed by atoms with Crippen molar-refractivity contribution in [1.82, 2.24) is 4.98 Å². The Bertz CT molecular complexity index is 2270. The van der Waals surface area contributed by atoms with Crippen molar-refractivity contribution in [2.45, 2.75) is 0 Å². The molecule has 0 fully saturated rings. The first-order valence-corrected chi connectivity index (χ1v) is 18.6. The lowest BCUT2D eigenvalue weighted by Gasteiger charge is -2.31. The van der Waals surface area contributed by atoms with Crippen LogP contribution < -0.4 is 35.3 Å². The first-order valence-electron chi connectivity index (χ1n) is 16.6. The van der Waals surface area contributed by atoms with Crippen molar-refractivity contribution in [3.05, 3.63) is 188 Å². The molecular weight excluding hydrogens is 615 g/mol. The molecule has 4 nitrogen and oxygen atoms in total. The Morgan fingerprint density at radius 2 is 1.18 bits per heavy atom. The van der Waals surface area contributed by atoms with Crippen LogP contribution in [0.4, 0.5) is 11.4 Å². The predicted molar refractivity (Wildman–Crippen MR) is 204 cm³/mol. The van der Waals surface area contributed by atoms with Gasteiger partial charge in [0.1, 0.15) is 11.5 Å². The Morgan fingerprint density at radius 3 is 1.96 bits per heavy atom. The molecule has 0 atom stereocenters. The van der Waals surface area contributed by atoms with Gasteiger partial charge in [0.25, 0.3) is 0 Å². The number of aromatic nitrogens is 1. The number of ether oxygens (including phenoxy) is 1. The first-order chi connectivity index (χ1) is 24.3. The van der Waals surface area contributed by atoms with Crippen LogP contribution in [0.25, 0.3) is 22.4 Å². The van der Waals surface area contributed by atoms with Crippen LogP contribution in [-0.2, 0) is 0 Å². The summed E-state index contributed by atoms with van der Waals surface area (Å²) in [6, 6.07) is 60.4. The molecule has 0 amide bonds. The summed E-state index contributed by atoms with van der Waals surface area (Å²) in [7, 11) is -2.57. The van der Waals surface area contributed by atoms with Gasteiger partial charge in [0, 0.05) is 41.5 Å². The van der Waals surface area contributed by atoms with Crippen LogP contribution in [0.5, 0.6) is 11.5 Å². The van der Waals surface area contributed by atoms with E-state index in [9.17, 15) is 0 Å². The zero-order valence-electron chi connectivity index (χ0n) is 26.9. The summed E-state index contributed by atoms with van der Waals surface area (Å²) < 4.78 is 6.61. The van der Waals surface area contributed by atoms with Gasteiger partial charge in [-0.25, -0.2) is 0 Å². The lowest BCUT2D eigenvalue weighted by atomic mass is 10.0. The number of anilines is 2. The van der Waals surface area contributed by atoms with Crippen molar-refractivity contribution in [3.63, 3.8) is 0 Å². The summed E-state index contributed by atoms with van der Waals surface area (Å²) in [5.41, 5.74) is 6.87. The summed E-state index contributed by atoms with van der Waals surface area (Å²) in [6.45, 7) is 0.709. The second-order valence-electron chi connectivity index (χ2n) is 12.5. The van der Waals surface area contributed by atoms with Gasteiger partial charge in [-0.2, -0.15) is 0 Å². The van der Waals surface area contributed by atoms with Crippen molar-refractivity contribution < 1.29 is 4.74 Å². The molecule has 0 N–H and O–H groups in total. The van der Waals surface area contributed by atoms with Crippen molar-refractivity contribution in [3.8, 4) is 33.9 Å². The molecule has 0 unspecified atom stereocenters. The number of benzene rings is 6. The number of hydrogen-bond donors (Lipinski definition) is 0. The largest absolute Gasteiger partial charge is 0.457 e. The predicted octanol–water partition coefficient (Wildman–Crippen LogP) is 7.65. The zero-order valence-corrected chi connectivity index (χ0v) is 27.9. The highest BCUT2D eigenvalue weighted by molar-refractivity contribution is 7.22. The highest BCUT2D eigenvalue weighted by Gasteiger charge is 2.49. The van der Waals surface area contributed by atoms with E-state index in [-0.39, 0.29) is 0 Å². The number of rotatable bonds is 7. The molecule has 9 rings (SSSR count). The minimum absolute atomic E-state index is 0.709. The van der Waals surface area contributed by atoms with Gasteiger partial charge in [-0.1, -0.05) is 127 Å². The van der Waals surface area contributed by atoms with Gasteiger partial charge in [0.15, 0.2) is 8.07 Å². The zero-order chi connectivity index (χ0) is 32.6. The van der Waals surface area contributed by atoms with Gasteiger partial charge < -0.3 is 14.5 Å². The summed E-state index contributed by atoms with van der Waals surface area (Å²) >= 11 is 0. The van der Waals surface area contributed by atoms with E-state index >= 15 is 0 Å². The molecule has 0 bridgehead atoms. The number of fused-ring (bicyclic) bond motifs is 3. The van der Waals surface area contributed by atoms with Gasteiger partial charge in [-0.3, -0.25) is 4.98 Å². The van der Waals surface area contributed by atoms with Gasteiger partial charge in [-0.15, -0.1) is 0 Å². The second-order valence-corrected chi connectivity index (χ2v) is 16.2. The number of hydrogen-bond acceptors (Lipinski definition) is 4. The maximum absolute atomic E-state index is 6.61. The topological polar surface area (TPSA) is 28.6 Å².